The summed E-state index contributed by atoms with van der Waals surface area (Å²) in [5.41, 5.74) is 2.89. The van der Waals surface area contributed by atoms with Crippen LogP contribution in [0.1, 0.15) is 0 Å². The molecular formula is C18H19N3O2S. The second kappa shape index (κ2) is 6.88. The Bertz CT molecular complexity index is 846. The summed E-state index contributed by atoms with van der Waals surface area (Å²) in [6, 6.07) is 9.75. The lowest BCUT2D eigenvalue weighted by molar-refractivity contribution is 0.395. The summed E-state index contributed by atoms with van der Waals surface area (Å²) >= 11 is 1.60. The molecule has 124 valence electrons. The van der Waals surface area contributed by atoms with Crippen LogP contribution in [0.3, 0.4) is 0 Å². The first-order valence-corrected chi connectivity index (χ1v) is 8.32. The zero-order chi connectivity index (χ0) is 17.1. The molecule has 3 rings (SSSR count). The third-order valence-corrected chi connectivity index (χ3v) is 4.53. The number of nitrogens with zero attached hydrogens (tertiary/aromatic N) is 3. The standard InChI is InChI=1S/C18H19N3O2S/c1-21(2)17-9-12(7-8-19-17)18-20-15(11-24-18)14-6-5-13(22-3)10-16(14)23-4/h5-11H,1-4H3. The first kappa shape index (κ1) is 16.3. The van der Waals surface area contributed by atoms with Gasteiger partial charge in [0.15, 0.2) is 0 Å². The average Bonchev–Trinajstić information content (AvgIpc) is 3.11. The topological polar surface area (TPSA) is 47.5 Å². The molecule has 6 heteroatoms. The molecule has 0 amide bonds. The van der Waals surface area contributed by atoms with Crippen molar-refractivity contribution in [3.8, 4) is 33.3 Å². The van der Waals surface area contributed by atoms with Gasteiger partial charge in [-0.3, -0.25) is 0 Å². The highest BCUT2D eigenvalue weighted by molar-refractivity contribution is 7.13. The van der Waals surface area contributed by atoms with Crippen LogP contribution in [0, 0.1) is 0 Å². The molecule has 0 fully saturated rings. The second-order valence-electron chi connectivity index (χ2n) is 5.40. The molecule has 2 aromatic heterocycles. The van der Waals surface area contributed by atoms with Crippen molar-refractivity contribution in [3.63, 3.8) is 0 Å². The highest BCUT2D eigenvalue weighted by Gasteiger charge is 2.13. The summed E-state index contributed by atoms with van der Waals surface area (Å²) in [7, 11) is 7.24. The van der Waals surface area contributed by atoms with Crippen molar-refractivity contribution < 1.29 is 9.47 Å². The predicted molar refractivity (Wildman–Crippen MR) is 98.2 cm³/mol. The molecule has 0 atom stereocenters. The van der Waals surface area contributed by atoms with Gasteiger partial charge in [-0.2, -0.15) is 0 Å². The van der Waals surface area contributed by atoms with Crippen molar-refractivity contribution in [2.24, 2.45) is 0 Å². The number of thiazole rings is 1. The van der Waals surface area contributed by atoms with E-state index in [1.807, 2.05) is 54.7 Å². The lowest BCUT2D eigenvalue weighted by Crippen LogP contribution is -2.10. The van der Waals surface area contributed by atoms with Gasteiger partial charge in [0.25, 0.3) is 0 Å². The third-order valence-electron chi connectivity index (χ3n) is 3.64. The van der Waals surface area contributed by atoms with E-state index in [0.717, 1.165) is 39.1 Å². The van der Waals surface area contributed by atoms with Crippen LogP contribution in [0.5, 0.6) is 11.5 Å². The minimum atomic E-state index is 0.745. The van der Waals surface area contributed by atoms with Gasteiger partial charge in [0.1, 0.15) is 22.3 Å². The van der Waals surface area contributed by atoms with Gasteiger partial charge < -0.3 is 14.4 Å². The minimum Gasteiger partial charge on any atom is -0.497 e. The fourth-order valence-electron chi connectivity index (χ4n) is 2.34. The first-order chi connectivity index (χ1) is 11.6. The van der Waals surface area contributed by atoms with E-state index in [1.165, 1.54) is 0 Å². The van der Waals surface area contributed by atoms with E-state index in [0.29, 0.717) is 0 Å². The zero-order valence-electron chi connectivity index (χ0n) is 14.1. The maximum absolute atomic E-state index is 5.48. The minimum absolute atomic E-state index is 0.745. The van der Waals surface area contributed by atoms with Crippen molar-refractivity contribution in [1.29, 1.82) is 0 Å². The van der Waals surface area contributed by atoms with E-state index in [-0.39, 0.29) is 0 Å². The number of benzene rings is 1. The number of rotatable bonds is 5. The molecule has 5 nitrogen and oxygen atoms in total. The smallest absolute Gasteiger partial charge is 0.131 e. The van der Waals surface area contributed by atoms with Gasteiger partial charge in [-0.1, -0.05) is 0 Å². The van der Waals surface area contributed by atoms with Gasteiger partial charge >= 0.3 is 0 Å². The molecule has 3 aromatic rings. The van der Waals surface area contributed by atoms with Crippen LogP contribution in [0.2, 0.25) is 0 Å². The van der Waals surface area contributed by atoms with Crippen LogP contribution in [-0.4, -0.2) is 38.3 Å². The Morgan fingerprint density at radius 3 is 2.58 bits per heavy atom. The van der Waals surface area contributed by atoms with Gasteiger partial charge in [0.05, 0.1) is 19.9 Å². The summed E-state index contributed by atoms with van der Waals surface area (Å²) in [6.45, 7) is 0. The van der Waals surface area contributed by atoms with Crippen molar-refractivity contribution in [1.82, 2.24) is 9.97 Å². The third kappa shape index (κ3) is 3.19. The maximum Gasteiger partial charge on any atom is 0.131 e. The molecule has 0 saturated carbocycles. The highest BCUT2D eigenvalue weighted by Crippen LogP contribution is 2.36. The van der Waals surface area contributed by atoms with E-state index in [1.54, 1.807) is 31.8 Å². The Morgan fingerprint density at radius 1 is 1.04 bits per heavy atom. The molecule has 1 aromatic carbocycles. The summed E-state index contributed by atoms with van der Waals surface area (Å²) < 4.78 is 10.7. The molecule has 0 aliphatic carbocycles. The number of methoxy groups -OCH3 is 2. The van der Waals surface area contributed by atoms with Crippen LogP contribution in [0.4, 0.5) is 5.82 Å². The normalized spacial score (nSPS) is 10.5. The van der Waals surface area contributed by atoms with E-state index < -0.39 is 0 Å². The summed E-state index contributed by atoms with van der Waals surface area (Å²) in [5.74, 6) is 2.41. The molecule has 0 unspecified atom stereocenters. The van der Waals surface area contributed by atoms with Crippen LogP contribution >= 0.6 is 11.3 Å². The lowest BCUT2D eigenvalue weighted by atomic mass is 10.1. The summed E-state index contributed by atoms with van der Waals surface area (Å²) in [6.07, 6.45) is 1.81. The lowest BCUT2D eigenvalue weighted by Gasteiger charge is -2.11. The van der Waals surface area contributed by atoms with Crippen molar-refractivity contribution >= 4 is 17.2 Å². The van der Waals surface area contributed by atoms with Crippen molar-refractivity contribution in [3.05, 3.63) is 41.9 Å². The van der Waals surface area contributed by atoms with Crippen LogP contribution in [0.15, 0.2) is 41.9 Å². The number of ether oxygens (including phenoxy) is 2. The van der Waals surface area contributed by atoms with E-state index in [2.05, 4.69) is 4.98 Å². The average molecular weight is 341 g/mol. The highest BCUT2D eigenvalue weighted by atomic mass is 32.1. The maximum atomic E-state index is 5.48. The van der Waals surface area contributed by atoms with Gasteiger partial charge in [-0.25, -0.2) is 9.97 Å². The van der Waals surface area contributed by atoms with E-state index in [4.69, 9.17) is 14.5 Å². The zero-order valence-corrected chi connectivity index (χ0v) is 14.9. The fraction of sp³-hybridized carbons (Fsp3) is 0.222. The van der Waals surface area contributed by atoms with Gasteiger partial charge in [-0.15, -0.1) is 11.3 Å². The molecular weight excluding hydrogens is 322 g/mol. The SMILES string of the molecule is COc1ccc(-c2csc(-c3ccnc(N(C)C)c3)n2)c(OC)c1. The number of aromatic nitrogens is 2. The summed E-state index contributed by atoms with van der Waals surface area (Å²) in [4.78, 5) is 11.1. The Kier molecular flexibility index (Phi) is 4.66. The Balaban J connectivity index is 1.98. The van der Waals surface area contributed by atoms with Crippen LogP contribution in [0.25, 0.3) is 21.8 Å². The Morgan fingerprint density at radius 2 is 1.88 bits per heavy atom. The fourth-order valence-corrected chi connectivity index (χ4v) is 3.15. The molecule has 0 aliphatic heterocycles. The number of anilines is 1. The van der Waals surface area contributed by atoms with E-state index >= 15 is 0 Å². The molecule has 0 aliphatic rings. The second-order valence-corrected chi connectivity index (χ2v) is 6.26. The largest absolute Gasteiger partial charge is 0.497 e. The van der Waals surface area contributed by atoms with E-state index in [9.17, 15) is 0 Å². The number of hydrogen-bond donors (Lipinski definition) is 0. The van der Waals surface area contributed by atoms with Gasteiger partial charge in [0, 0.05) is 42.9 Å². The predicted octanol–water partition coefficient (Wildman–Crippen LogP) is 3.96. The molecule has 0 bridgehead atoms. The first-order valence-electron chi connectivity index (χ1n) is 7.44. The Hall–Kier alpha value is -2.60. The van der Waals surface area contributed by atoms with Crippen LogP contribution < -0.4 is 14.4 Å². The molecule has 0 N–H and O–H groups in total. The quantitative estimate of drug-likeness (QED) is 0.703. The Labute approximate surface area is 145 Å². The number of pyridine rings is 1. The van der Waals surface area contributed by atoms with Crippen LogP contribution in [-0.2, 0) is 0 Å². The van der Waals surface area contributed by atoms with Gasteiger partial charge in [0.2, 0.25) is 0 Å². The van der Waals surface area contributed by atoms with Crippen molar-refractivity contribution in [2.45, 2.75) is 0 Å². The molecule has 0 saturated heterocycles. The number of hydrogen-bond acceptors (Lipinski definition) is 6. The molecule has 0 radical (unpaired) electrons. The van der Waals surface area contributed by atoms with Gasteiger partial charge in [-0.05, 0) is 24.3 Å². The molecule has 24 heavy (non-hydrogen) atoms. The summed E-state index contributed by atoms with van der Waals surface area (Å²) in [5, 5.41) is 2.99. The molecule has 2 heterocycles. The van der Waals surface area contributed by atoms with Crippen molar-refractivity contribution in [2.75, 3.05) is 33.2 Å². The molecule has 0 spiro atoms. The monoisotopic (exact) mass is 341 g/mol.